The van der Waals surface area contributed by atoms with Crippen LogP contribution in [0.4, 0.5) is 8.78 Å². The molecule has 2 rings (SSSR count). The summed E-state index contributed by atoms with van der Waals surface area (Å²) in [5.74, 6) is -0.626. The largest absolute Gasteiger partial charge is 0.207 e. The van der Waals surface area contributed by atoms with Crippen molar-refractivity contribution < 1.29 is 8.78 Å². The number of hydrogen-bond acceptors (Lipinski definition) is 1. The van der Waals surface area contributed by atoms with E-state index in [4.69, 9.17) is 0 Å². The van der Waals surface area contributed by atoms with Gasteiger partial charge in [0.25, 0.3) is 0 Å². The number of hydrogen-bond donors (Lipinski definition) is 0. The molecule has 1 aromatic rings. The summed E-state index contributed by atoms with van der Waals surface area (Å²) in [5, 5.41) is 9.41. The van der Waals surface area contributed by atoms with Gasteiger partial charge < -0.3 is 0 Å². The highest BCUT2D eigenvalue weighted by Gasteiger charge is 2.36. The molecule has 1 aliphatic rings. The fourth-order valence-corrected chi connectivity index (χ4v) is 3.00. The first-order chi connectivity index (χ1) is 8.56. The molecule has 0 saturated heterocycles. The Kier molecular flexibility index (Phi) is 3.65. The van der Waals surface area contributed by atoms with E-state index in [9.17, 15) is 14.0 Å². The van der Waals surface area contributed by atoms with Crippen LogP contribution >= 0.6 is 0 Å². The third kappa shape index (κ3) is 2.53. The SMILES string of the molecule is CC1CCCC(C#N)(Cc2c(F)cccc2F)C1. The number of nitrogens with zero attached hydrogens (tertiary/aromatic N) is 1. The second kappa shape index (κ2) is 5.06. The molecule has 0 aliphatic heterocycles. The Labute approximate surface area is 106 Å². The van der Waals surface area contributed by atoms with E-state index in [0.29, 0.717) is 5.92 Å². The Morgan fingerprint density at radius 3 is 2.61 bits per heavy atom. The van der Waals surface area contributed by atoms with Crippen molar-refractivity contribution in [2.75, 3.05) is 0 Å². The fraction of sp³-hybridized carbons (Fsp3) is 0.533. The van der Waals surface area contributed by atoms with Gasteiger partial charge in [-0.1, -0.05) is 25.8 Å². The van der Waals surface area contributed by atoms with Crippen LogP contribution < -0.4 is 0 Å². The molecule has 0 bridgehead atoms. The number of benzene rings is 1. The van der Waals surface area contributed by atoms with Crippen LogP contribution in [0.3, 0.4) is 0 Å². The summed E-state index contributed by atoms with van der Waals surface area (Å²) in [7, 11) is 0. The molecule has 2 atom stereocenters. The van der Waals surface area contributed by atoms with Crippen LogP contribution in [-0.2, 0) is 6.42 Å². The molecule has 1 saturated carbocycles. The minimum Gasteiger partial charge on any atom is -0.207 e. The summed E-state index contributed by atoms with van der Waals surface area (Å²) >= 11 is 0. The van der Waals surface area contributed by atoms with Gasteiger partial charge in [-0.05, 0) is 37.3 Å². The summed E-state index contributed by atoms with van der Waals surface area (Å²) in [6.07, 6.45) is 3.72. The van der Waals surface area contributed by atoms with Crippen molar-refractivity contribution in [2.45, 2.75) is 39.0 Å². The predicted octanol–water partition coefficient (Wildman–Crippen LogP) is 4.23. The maximum absolute atomic E-state index is 13.7. The zero-order valence-corrected chi connectivity index (χ0v) is 10.5. The molecule has 1 nitrogen and oxygen atoms in total. The lowest BCUT2D eigenvalue weighted by Crippen LogP contribution is -2.29. The van der Waals surface area contributed by atoms with Crippen molar-refractivity contribution in [2.24, 2.45) is 11.3 Å². The summed E-state index contributed by atoms with van der Waals surface area (Å²) in [4.78, 5) is 0. The molecule has 0 N–H and O–H groups in total. The van der Waals surface area contributed by atoms with Gasteiger partial charge in [0, 0.05) is 5.56 Å². The normalized spacial score (nSPS) is 27.8. The lowest BCUT2D eigenvalue weighted by molar-refractivity contribution is 0.206. The van der Waals surface area contributed by atoms with E-state index in [-0.39, 0.29) is 12.0 Å². The molecule has 0 radical (unpaired) electrons. The predicted molar refractivity (Wildman–Crippen MR) is 65.7 cm³/mol. The smallest absolute Gasteiger partial charge is 0.129 e. The van der Waals surface area contributed by atoms with E-state index in [0.717, 1.165) is 25.7 Å². The minimum atomic E-state index is -0.597. The number of rotatable bonds is 2. The zero-order valence-electron chi connectivity index (χ0n) is 10.5. The first kappa shape index (κ1) is 13.0. The molecule has 0 amide bonds. The van der Waals surface area contributed by atoms with Crippen LogP contribution in [0.2, 0.25) is 0 Å². The van der Waals surface area contributed by atoms with Crippen LogP contribution in [0.5, 0.6) is 0 Å². The molecule has 0 aromatic heterocycles. The molecular weight excluding hydrogens is 232 g/mol. The molecule has 1 fully saturated rings. The average molecular weight is 249 g/mol. The van der Waals surface area contributed by atoms with Gasteiger partial charge in [0.15, 0.2) is 0 Å². The molecule has 0 spiro atoms. The van der Waals surface area contributed by atoms with Gasteiger partial charge in [-0.25, -0.2) is 8.78 Å². The highest BCUT2D eigenvalue weighted by Crippen LogP contribution is 2.42. The molecule has 18 heavy (non-hydrogen) atoms. The average Bonchev–Trinajstić information content (AvgIpc) is 2.34. The van der Waals surface area contributed by atoms with Gasteiger partial charge in [0.2, 0.25) is 0 Å². The molecule has 1 aromatic carbocycles. The van der Waals surface area contributed by atoms with Crippen LogP contribution in [-0.4, -0.2) is 0 Å². The summed E-state index contributed by atoms with van der Waals surface area (Å²) in [5.41, 5.74) is -0.533. The van der Waals surface area contributed by atoms with Gasteiger partial charge in [-0.15, -0.1) is 0 Å². The van der Waals surface area contributed by atoms with E-state index in [2.05, 4.69) is 13.0 Å². The van der Waals surface area contributed by atoms with E-state index in [1.54, 1.807) is 0 Å². The summed E-state index contributed by atoms with van der Waals surface area (Å²) in [6, 6.07) is 6.19. The van der Waals surface area contributed by atoms with Gasteiger partial charge in [-0.3, -0.25) is 0 Å². The van der Waals surface area contributed by atoms with Crippen molar-refractivity contribution >= 4 is 0 Å². The Hall–Kier alpha value is -1.43. The third-order valence-corrected chi connectivity index (χ3v) is 3.91. The van der Waals surface area contributed by atoms with Gasteiger partial charge in [0.1, 0.15) is 11.6 Å². The highest BCUT2D eigenvalue weighted by atomic mass is 19.1. The van der Waals surface area contributed by atoms with Crippen LogP contribution in [0, 0.1) is 34.3 Å². The molecule has 2 unspecified atom stereocenters. The van der Waals surface area contributed by atoms with Gasteiger partial charge in [0.05, 0.1) is 11.5 Å². The zero-order chi connectivity index (χ0) is 13.2. The number of nitriles is 1. The van der Waals surface area contributed by atoms with E-state index >= 15 is 0 Å². The van der Waals surface area contributed by atoms with E-state index < -0.39 is 17.0 Å². The van der Waals surface area contributed by atoms with Crippen molar-refractivity contribution in [3.63, 3.8) is 0 Å². The number of halogens is 2. The maximum atomic E-state index is 13.7. The molecule has 0 heterocycles. The van der Waals surface area contributed by atoms with Gasteiger partial charge in [-0.2, -0.15) is 5.26 Å². The quantitative estimate of drug-likeness (QED) is 0.769. The minimum absolute atomic E-state index is 0.0631. The highest BCUT2D eigenvalue weighted by molar-refractivity contribution is 5.23. The molecule has 1 aliphatic carbocycles. The van der Waals surface area contributed by atoms with Crippen molar-refractivity contribution in [1.82, 2.24) is 0 Å². The Bertz CT molecular complexity index is 458. The monoisotopic (exact) mass is 249 g/mol. The molecular formula is C15H17F2N. The van der Waals surface area contributed by atoms with Crippen LogP contribution in [0.25, 0.3) is 0 Å². The Morgan fingerprint density at radius 2 is 2.06 bits per heavy atom. The van der Waals surface area contributed by atoms with Crippen molar-refractivity contribution in [3.05, 3.63) is 35.4 Å². The van der Waals surface area contributed by atoms with E-state index in [1.807, 2.05) is 0 Å². The van der Waals surface area contributed by atoms with Gasteiger partial charge >= 0.3 is 0 Å². The van der Waals surface area contributed by atoms with Crippen molar-refractivity contribution in [1.29, 1.82) is 5.26 Å². The summed E-state index contributed by atoms with van der Waals surface area (Å²) in [6.45, 7) is 2.10. The van der Waals surface area contributed by atoms with E-state index in [1.165, 1.54) is 18.2 Å². The second-order valence-corrected chi connectivity index (χ2v) is 5.47. The fourth-order valence-electron chi connectivity index (χ4n) is 3.00. The third-order valence-electron chi connectivity index (χ3n) is 3.91. The lowest BCUT2D eigenvalue weighted by atomic mass is 9.68. The lowest BCUT2D eigenvalue weighted by Gasteiger charge is -2.34. The first-order valence-corrected chi connectivity index (χ1v) is 6.40. The first-order valence-electron chi connectivity index (χ1n) is 6.40. The standard InChI is InChI=1S/C15H17F2N/c1-11-4-3-7-15(8-11,10-18)9-12-13(16)5-2-6-14(12)17/h2,5-6,11H,3-4,7-9H2,1H3. The van der Waals surface area contributed by atoms with Crippen molar-refractivity contribution in [3.8, 4) is 6.07 Å². The van der Waals surface area contributed by atoms with Crippen LogP contribution in [0.15, 0.2) is 18.2 Å². The summed E-state index contributed by atoms with van der Waals surface area (Å²) < 4.78 is 27.3. The Balaban J connectivity index is 2.28. The Morgan fingerprint density at radius 1 is 1.39 bits per heavy atom. The second-order valence-electron chi connectivity index (χ2n) is 5.47. The topological polar surface area (TPSA) is 23.8 Å². The van der Waals surface area contributed by atoms with Crippen LogP contribution in [0.1, 0.15) is 38.2 Å². The molecule has 3 heteroatoms. The molecule has 96 valence electrons. The maximum Gasteiger partial charge on any atom is 0.129 e.